The molecule has 6 nitrogen and oxygen atoms in total. The van der Waals surface area contributed by atoms with Gasteiger partial charge in [-0.15, -0.1) is 0 Å². The van der Waals surface area contributed by atoms with Crippen LogP contribution in [0.1, 0.15) is 24.0 Å². The van der Waals surface area contributed by atoms with Crippen molar-refractivity contribution in [2.24, 2.45) is 5.92 Å². The molecule has 0 spiro atoms. The van der Waals surface area contributed by atoms with Crippen molar-refractivity contribution in [3.05, 3.63) is 28.3 Å². The van der Waals surface area contributed by atoms with E-state index in [1.54, 1.807) is 6.07 Å². The van der Waals surface area contributed by atoms with Crippen LogP contribution in [0.25, 0.3) is 0 Å². The van der Waals surface area contributed by atoms with Crippen molar-refractivity contribution in [1.29, 1.82) is 0 Å². The van der Waals surface area contributed by atoms with Crippen molar-refractivity contribution in [2.45, 2.75) is 26.7 Å². The second-order valence-electron chi connectivity index (χ2n) is 6.43. The molecule has 140 valence electrons. The first kappa shape index (κ1) is 20.0. The fraction of sp³-hybridized carbons (Fsp3) is 0.588. The lowest BCUT2D eigenvalue weighted by Crippen LogP contribution is -2.41. The largest absolute Gasteiger partial charge is 0.381 e. The maximum atomic E-state index is 12.2. The molecule has 0 atom stereocenters. The number of amides is 1. The normalized spacial score (nSPS) is 15.8. The highest BCUT2D eigenvalue weighted by Gasteiger charge is 2.24. The number of nitrogens with one attached hydrogen (secondary N) is 1. The van der Waals surface area contributed by atoms with Gasteiger partial charge >= 0.3 is 0 Å². The monoisotopic (exact) mass is 388 g/mol. The molecule has 1 aliphatic rings. The Labute approximate surface area is 154 Å². The number of sulfonamides is 1. The van der Waals surface area contributed by atoms with Crippen LogP contribution >= 0.6 is 11.6 Å². The lowest BCUT2D eigenvalue weighted by molar-refractivity contribution is -0.127. The van der Waals surface area contributed by atoms with Gasteiger partial charge in [0.05, 0.1) is 23.5 Å². The number of anilines is 1. The number of ether oxygens (including phenoxy) is 1. The molecule has 0 saturated carbocycles. The summed E-state index contributed by atoms with van der Waals surface area (Å²) < 4.78 is 31.0. The fourth-order valence-electron chi connectivity index (χ4n) is 3.05. The van der Waals surface area contributed by atoms with Gasteiger partial charge < -0.3 is 10.1 Å². The summed E-state index contributed by atoms with van der Waals surface area (Å²) in [5, 5.41) is 3.22. The molecular formula is C17H25ClN2O4S. The predicted molar refractivity (Wildman–Crippen MR) is 99.7 cm³/mol. The minimum atomic E-state index is -3.52. The van der Waals surface area contributed by atoms with E-state index in [2.05, 4.69) is 5.32 Å². The summed E-state index contributed by atoms with van der Waals surface area (Å²) in [5.41, 5.74) is 2.22. The summed E-state index contributed by atoms with van der Waals surface area (Å²) in [7, 11) is -3.52. The van der Waals surface area contributed by atoms with Crippen molar-refractivity contribution in [2.75, 3.05) is 36.9 Å². The number of rotatable bonds is 6. The number of carbonyl (C=O) groups excluding carboxylic acids is 1. The SMILES string of the molecule is Cc1cc(C)c(N(CCNC(=O)C2CCOCC2)S(C)(=O)=O)c(Cl)c1. The van der Waals surface area contributed by atoms with Gasteiger partial charge in [-0.25, -0.2) is 8.42 Å². The molecule has 0 unspecified atom stereocenters. The molecule has 2 rings (SSSR count). The summed E-state index contributed by atoms with van der Waals surface area (Å²) in [4.78, 5) is 12.2. The number of halogens is 1. The number of benzene rings is 1. The lowest BCUT2D eigenvalue weighted by Gasteiger charge is -2.26. The zero-order valence-electron chi connectivity index (χ0n) is 14.8. The maximum Gasteiger partial charge on any atom is 0.232 e. The summed E-state index contributed by atoms with van der Waals surface area (Å²) >= 11 is 6.29. The fourth-order valence-corrected chi connectivity index (χ4v) is 4.52. The molecule has 1 heterocycles. The standard InChI is InChI=1S/C17H25ClN2O4S/c1-12-10-13(2)16(15(18)11-12)20(25(3,22)23)7-6-19-17(21)14-4-8-24-9-5-14/h10-11,14H,4-9H2,1-3H3,(H,19,21). The van der Waals surface area contributed by atoms with Crippen molar-refractivity contribution >= 4 is 33.2 Å². The van der Waals surface area contributed by atoms with E-state index in [9.17, 15) is 13.2 Å². The van der Waals surface area contributed by atoms with E-state index in [1.807, 2.05) is 19.9 Å². The van der Waals surface area contributed by atoms with Gasteiger partial charge in [0.25, 0.3) is 0 Å². The minimum absolute atomic E-state index is 0.0523. The minimum Gasteiger partial charge on any atom is -0.381 e. The van der Waals surface area contributed by atoms with Crippen molar-refractivity contribution in [3.63, 3.8) is 0 Å². The Morgan fingerprint density at radius 3 is 2.52 bits per heavy atom. The molecule has 1 aliphatic heterocycles. The first-order chi connectivity index (χ1) is 11.7. The van der Waals surface area contributed by atoms with E-state index in [1.165, 1.54) is 4.31 Å². The topological polar surface area (TPSA) is 75.7 Å². The number of aryl methyl sites for hydroxylation is 2. The average molecular weight is 389 g/mol. The van der Waals surface area contributed by atoms with Crippen LogP contribution in [0.3, 0.4) is 0 Å². The van der Waals surface area contributed by atoms with Crippen LogP contribution in [-0.4, -0.2) is 46.9 Å². The summed E-state index contributed by atoms with van der Waals surface area (Å²) in [5.74, 6) is -0.117. The van der Waals surface area contributed by atoms with Gasteiger partial charge in [0.2, 0.25) is 15.9 Å². The van der Waals surface area contributed by atoms with Crippen LogP contribution in [0.5, 0.6) is 0 Å². The Morgan fingerprint density at radius 2 is 1.96 bits per heavy atom. The Kier molecular flexibility index (Phi) is 6.71. The predicted octanol–water partition coefficient (Wildman–Crippen LogP) is 2.27. The third kappa shape index (κ3) is 5.33. The van der Waals surface area contributed by atoms with Crippen LogP contribution in [0.2, 0.25) is 5.02 Å². The molecule has 1 fully saturated rings. The molecule has 0 bridgehead atoms. The highest BCUT2D eigenvalue weighted by atomic mass is 35.5. The van der Waals surface area contributed by atoms with Gasteiger partial charge in [0.1, 0.15) is 0 Å². The summed E-state index contributed by atoms with van der Waals surface area (Å²) in [6.07, 6.45) is 2.54. The summed E-state index contributed by atoms with van der Waals surface area (Å²) in [6.45, 7) is 5.27. The molecular weight excluding hydrogens is 364 g/mol. The second kappa shape index (κ2) is 8.38. The van der Waals surface area contributed by atoms with Gasteiger partial charge in [-0.3, -0.25) is 9.10 Å². The van der Waals surface area contributed by atoms with E-state index >= 15 is 0 Å². The zero-order valence-corrected chi connectivity index (χ0v) is 16.4. The second-order valence-corrected chi connectivity index (χ2v) is 8.74. The molecule has 8 heteroatoms. The van der Waals surface area contributed by atoms with E-state index in [0.717, 1.165) is 17.4 Å². The first-order valence-corrected chi connectivity index (χ1v) is 10.5. The number of nitrogens with zero attached hydrogens (tertiary/aromatic N) is 1. The highest BCUT2D eigenvalue weighted by molar-refractivity contribution is 7.92. The Hall–Kier alpha value is -1.31. The first-order valence-electron chi connectivity index (χ1n) is 8.30. The Bertz CT molecular complexity index is 707. The molecule has 1 aromatic rings. The number of hydrogen-bond donors (Lipinski definition) is 1. The maximum absolute atomic E-state index is 12.2. The summed E-state index contributed by atoms with van der Waals surface area (Å²) in [6, 6.07) is 3.63. The van der Waals surface area contributed by atoms with Crippen LogP contribution in [-0.2, 0) is 19.6 Å². The van der Waals surface area contributed by atoms with Crippen LogP contribution in [0.4, 0.5) is 5.69 Å². The molecule has 1 saturated heterocycles. The molecule has 0 aromatic heterocycles. The Morgan fingerprint density at radius 1 is 1.32 bits per heavy atom. The van der Waals surface area contributed by atoms with Crippen molar-refractivity contribution in [1.82, 2.24) is 5.32 Å². The zero-order chi connectivity index (χ0) is 18.6. The van der Waals surface area contributed by atoms with Crippen molar-refractivity contribution < 1.29 is 17.9 Å². The molecule has 25 heavy (non-hydrogen) atoms. The van der Waals surface area contributed by atoms with Gasteiger partial charge in [0.15, 0.2) is 0 Å². The van der Waals surface area contributed by atoms with Gasteiger partial charge in [0, 0.05) is 25.7 Å². The molecule has 1 aromatic carbocycles. The number of hydrogen-bond acceptors (Lipinski definition) is 4. The van der Waals surface area contributed by atoms with Crippen LogP contribution in [0.15, 0.2) is 12.1 Å². The van der Waals surface area contributed by atoms with E-state index < -0.39 is 10.0 Å². The highest BCUT2D eigenvalue weighted by Crippen LogP contribution is 2.32. The third-order valence-corrected chi connectivity index (χ3v) is 5.71. The lowest BCUT2D eigenvalue weighted by atomic mass is 9.99. The third-order valence-electron chi connectivity index (χ3n) is 4.25. The van der Waals surface area contributed by atoms with Crippen LogP contribution in [0, 0.1) is 19.8 Å². The molecule has 0 aliphatic carbocycles. The molecule has 0 radical (unpaired) electrons. The molecule has 1 amide bonds. The Balaban J connectivity index is 2.08. The van der Waals surface area contributed by atoms with Gasteiger partial charge in [-0.1, -0.05) is 17.7 Å². The van der Waals surface area contributed by atoms with E-state index in [-0.39, 0.29) is 24.9 Å². The van der Waals surface area contributed by atoms with Gasteiger partial charge in [-0.05, 0) is 43.9 Å². The van der Waals surface area contributed by atoms with Crippen LogP contribution < -0.4 is 9.62 Å². The van der Waals surface area contributed by atoms with E-state index in [4.69, 9.17) is 16.3 Å². The van der Waals surface area contributed by atoms with Crippen molar-refractivity contribution in [3.8, 4) is 0 Å². The average Bonchev–Trinajstić information content (AvgIpc) is 2.52. The van der Waals surface area contributed by atoms with E-state index in [0.29, 0.717) is 36.8 Å². The molecule has 1 N–H and O–H groups in total. The van der Waals surface area contributed by atoms with Gasteiger partial charge in [-0.2, -0.15) is 0 Å². The number of carbonyl (C=O) groups is 1. The quantitative estimate of drug-likeness (QED) is 0.811. The smallest absolute Gasteiger partial charge is 0.232 e.